The molecule has 1 unspecified atom stereocenters. The van der Waals surface area contributed by atoms with Gasteiger partial charge in [0.05, 0.1) is 12.4 Å². The maximum absolute atomic E-state index is 11.2. The van der Waals surface area contributed by atoms with Crippen LogP contribution in [0, 0.1) is 0 Å². The van der Waals surface area contributed by atoms with Crippen LogP contribution in [0.3, 0.4) is 0 Å². The van der Waals surface area contributed by atoms with Gasteiger partial charge in [0.2, 0.25) is 0 Å². The Kier molecular flexibility index (Phi) is 2.82. The van der Waals surface area contributed by atoms with Gasteiger partial charge in [0.1, 0.15) is 5.02 Å². The van der Waals surface area contributed by atoms with Crippen LogP contribution in [0.25, 0.3) is 0 Å². The summed E-state index contributed by atoms with van der Waals surface area (Å²) in [6.45, 7) is 1.80. The summed E-state index contributed by atoms with van der Waals surface area (Å²) in [5.74, 6) is 0.737. The Hall–Kier alpha value is -1.96. The van der Waals surface area contributed by atoms with Crippen molar-refractivity contribution in [2.24, 2.45) is 0 Å². The number of aromatic nitrogens is 6. The number of hydrogen-bond acceptors (Lipinski definition) is 6. The van der Waals surface area contributed by atoms with Gasteiger partial charge in [-0.15, -0.1) is 10.2 Å². The summed E-state index contributed by atoms with van der Waals surface area (Å²) in [5.41, 5.74) is -0.403. The number of anilines is 1. The van der Waals surface area contributed by atoms with Crippen LogP contribution >= 0.6 is 11.6 Å². The van der Waals surface area contributed by atoms with E-state index in [0.29, 0.717) is 5.82 Å². The zero-order valence-electron chi connectivity index (χ0n) is 8.23. The second-order valence-electron chi connectivity index (χ2n) is 3.03. The Bertz CT molecular complexity index is 522. The fourth-order valence-corrected chi connectivity index (χ4v) is 1.26. The number of nitrogens with one attached hydrogen (secondary N) is 3. The third kappa shape index (κ3) is 2.01. The van der Waals surface area contributed by atoms with Crippen LogP contribution in [0.1, 0.15) is 18.8 Å². The van der Waals surface area contributed by atoms with Crippen LogP contribution in [0.5, 0.6) is 0 Å². The minimum Gasteiger partial charge on any atom is -0.359 e. The predicted octanol–water partition coefficient (Wildman–Crippen LogP) is 0.109. The zero-order valence-corrected chi connectivity index (χ0v) is 8.99. The summed E-state index contributed by atoms with van der Waals surface area (Å²) in [4.78, 5) is 17.5. The molecule has 8 nitrogen and oxygen atoms in total. The van der Waals surface area contributed by atoms with Crippen LogP contribution in [-0.4, -0.2) is 30.6 Å². The Morgan fingerprint density at radius 3 is 3.06 bits per heavy atom. The molecule has 0 aliphatic carbocycles. The van der Waals surface area contributed by atoms with Gasteiger partial charge >= 0.3 is 0 Å². The molecule has 0 spiro atoms. The molecule has 0 saturated carbocycles. The Labute approximate surface area is 94.4 Å². The summed E-state index contributed by atoms with van der Waals surface area (Å²) in [6.07, 6.45) is 1.26. The number of nitrogens with zero attached hydrogens (tertiary/aromatic N) is 4. The van der Waals surface area contributed by atoms with E-state index in [1.54, 1.807) is 6.92 Å². The Morgan fingerprint density at radius 1 is 1.56 bits per heavy atom. The predicted molar refractivity (Wildman–Crippen MR) is 56.1 cm³/mol. The highest BCUT2D eigenvalue weighted by atomic mass is 35.5. The number of rotatable bonds is 3. The molecule has 9 heteroatoms. The molecule has 0 saturated heterocycles. The van der Waals surface area contributed by atoms with Gasteiger partial charge < -0.3 is 10.3 Å². The summed E-state index contributed by atoms with van der Waals surface area (Å²) in [5, 5.41) is 16.3. The number of hydrogen-bond donors (Lipinski definition) is 3. The van der Waals surface area contributed by atoms with E-state index in [4.69, 9.17) is 11.6 Å². The van der Waals surface area contributed by atoms with Crippen molar-refractivity contribution in [3.05, 3.63) is 27.5 Å². The maximum Gasteiger partial charge on any atom is 0.271 e. The largest absolute Gasteiger partial charge is 0.359 e. The highest BCUT2D eigenvalue weighted by Crippen LogP contribution is 2.17. The van der Waals surface area contributed by atoms with E-state index in [1.807, 2.05) is 0 Å². The van der Waals surface area contributed by atoms with Crippen molar-refractivity contribution in [2.75, 3.05) is 5.32 Å². The smallest absolute Gasteiger partial charge is 0.271 e. The van der Waals surface area contributed by atoms with Crippen LogP contribution < -0.4 is 10.9 Å². The molecule has 1 atom stereocenters. The topological polar surface area (TPSA) is 112 Å². The third-order valence-corrected chi connectivity index (χ3v) is 2.25. The van der Waals surface area contributed by atoms with Crippen molar-refractivity contribution in [1.29, 1.82) is 0 Å². The van der Waals surface area contributed by atoms with Gasteiger partial charge in [0, 0.05) is 0 Å². The van der Waals surface area contributed by atoms with E-state index >= 15 is 0 Å². The zero-order chi connectivity index (χ0) is 11.5. The number of tetrazole rings is 1. The molecule has 84 valence electrons. The number of aromatic amines is 2. The first-order chi connectivity index (χ1) is 7.68. The van der Waals surface area contributed by atoms with Gasteiger partial charge in [-0.1, -0.05) is 16.8 Å². The molecule has 0 aliphatic heterocycles. The maximum atomic E-state index is 11.2. The molecule has 3 N–H and O–H groups in total. The molecule has 0 amide bonds. The molecule has 0 aliphatic rings. The molecule has 2 heterocycles. The summed E-state index contributed by atoms with van der Waals surface area (Å²) in [6, 6.07) is -0.259. The first kappa shape index (κ1) is 10.6. The van der Waals surface area contributed by atoms with Crippen molar-refractivity contribution >= 4 is 17.4 Å². The lowest BCUT2D eigenvalue weighted by Gasteiger charge is -2.10. The highest BCUT2D eigenvalue weighted by molar-refractivity contribution is 6.32. The van der Waals surface area contributed by atoms with Gasteiger partial charge in [0.15, 0.2) is 11.6 Å². The van der Waals surface area contributed by atoms with Crippen LogP contribution in [0.15, 0.2) is 11.1 Å². The number of H-pyrrole nitrogens is 2. The molecule has 0 radical (unpaired) electrons. The van der Waals surface area contributed by atoms with Crippen molar-refractivity contribution in [2.45, 2.75) is 13.0 Å². The Balaban J connectivity index is 2.21. The van der Waals surface area contributed by atoms with E-state index in [-0.39, 0.29) is 16.9 Å². The summed E-state index contributed by atoms with van der Waals surface area (Å²) in [7, 11) is 0. The quantitative estimate of drug-likeness (QED) is 0.703. The van der Waals surface area contributed by atoms with Gasteiger partial charge in [0.25, 0.3) is 5.56 Å². The lowest BCUT2D eigenvalue weighted by molar-refractivity contribution is 0.786. The second-order valence-corrected chi connectivity index (χ2v) is 3.41. The highest BCUT2D eigenvalue weighted by Gasteiger charge is 2.13. The van der Waals surface area contributed by atoms with E-state index in [1.165, 1.54) is 6.33 Å². The fourth-order valence-electron chi connectivity index (χ4n) is 1.11. The third-order valence-electron chi connectivity index (χ3n) is 1.90. The minimum absolute atomic E-state index is 0.00200. The van der Waals surface area contributed by atoms with Crippen molar-refractivity contribution in [3.63, 3.8) is 0 Å². The van der Waals surface area contributed by atoms with Crippen molar-refractivity contribution in [3.8, 4) is 0 Å². The first-order valence-electron chi connectivity index (χ1n) is 4.41. The van der Waals surface area contributed by atoms with Crippen LogP contribution in [0.2, 0.25) is 5.02 Å². The number of halogens is 1. The molecule has 0 bridgehead atoms. The molecular formula is C7H8ClN7O. The average Bonchev–Trinajstić information content (AvgIpc) is 2.78. The van der Waals surface area contributed by atoms with Crippen molar-refractivity contribution < 1.29 is 0 Å². The van der Waals surface area contributed by atoms with Gasteiger partial charge in [-0.05, 0) is 6.92 Å². The Morgan fingerprint density at radius 2 is 2.38 bits per heavy atom. The van der Waals surface area contributed by atoms with Gasteiger partial charge in [-0.2, -0.15) is 5.21 Å². The molecule has 2 aromatic heterocycles. The molecule has 16 heavy (non-hydrogen) atoms. The lowest BCUT2D eigenvalue weighted by atomic mass is 10.3. The van der Waals surface area contributed by atoms with Crippen LogP contribution in [-0.2, 0) is 0 Å². The van der Waals surface area contributed by atoms with Gasteiger partial charge in [-0.3, -0.25) is 4.79 Å². The fraction of sp³-hybridized carbons (Fsp3) is 0.286. The van der Waals surface area contributed by atoms with E-state index in [2.05, 4.69) is 35.9 Å². The lowest BCUT2D eigenvalue weighted by Crippen LogP contribution is -2.15. The van der Waals surface area contributed by atoms with Gasteiger partial charge in [-0.25, -0.2) is 4.98 Å². The SMILES string of the molecule is CC(Nc1nc[nH]c(=O)c1Cl)c1nn[nH]n1. The standard InChI is InChI=1S/C7H8ClN7O/c1-3(5-12-14-15-13-5)11-6-4(8)7(16)10-2-9-6/h2-3H,1H3,(H2,9,10,11,16)(H,12,13,14,15). The molecular weight excluding hydrogens is 234 g/mol. The minimum atomic E-state index is -0.403. The summed E-state index contributed by atoms with van der Waals surface area (Å²) >= 11 is 5.77. The normalized spacial score (nSPS) is 12.4. The van der Waals surface area contributed by atoms with E-state index in [0.717, 1.165) is 0 Å². The summed E-state index contributed by atoms with van der Waals surface area (Å²) < 4.78 is 0. The monoisotopic (exact) mass is 241 g/mol. The molecule has 0 fully saturated rings. The molecule has 2 rings (SSSR count). The molecule has 2 aromatic rings. The van der Waals surface area contributed by atoms with E-state index in [9.17, 15) is 4.79 Å². The van der Waals surface area contributed by atoms with Crippen molar-refractivity contribution in [1.82, 2.24) is 30.6 Å². The van der Waals surface area contributed by atoms with E-state index < -0.39 is 5.56 Å². The molecule has 0 aromatic carbocycles. The first-order valence-corrected chi connectivity index (χ1v) is 4.79. The average molecular weight is 242 g/mol. The van der Waals surface area contributed by atoms with Crippen LogP contribution in [0.4, 0.5) is 5.82 Å². The second kappa shape index (κ2) is 4.27.